The molecular weight excluding hydrogens is 370 g/mol. The van der Waals surface area contributed by atoms with Crippen molar-refractivity contribution in [1.82, 2.24) is 0 Å². The third-order valence-electron chi connectivity index (χ3n) is 3.54. The van der Waals surface area contributed by atoms with E-state index in [1.54, 1.807) is 24.3 Å². The van der Waals surface area contributed by atoms with Crippen LogP contribution < -0.4 is 10.1 Å². The topological polar surface area (TPSA) is 55.4 Å². The van der Waals surface area contributed by atoms with Crippen LogP contribution in [0, 0.1) is 6.92 Å². The summed E-state index contributed by atoms with van der Waals surface area (Å²) in [6.45, 7) is 3.93. The number of ether oxygens (including phenoxy) is 1. The molecule has 0 fully saturated rings. The Morgan fingerprint density at radius 1 is 1.12 bits per heavy atom. The predicted octanol–water partition coefficient (Wildman–Crippen LogP) is 4.76. The van der Waals surface area contributed by atoms with Crippen LogP contribution in [0.1, 0.15) is 35.7 Å². The summed E-state index contributed by atoms with van der Waals surface area (Å²) in [5.41, 5.74) is 2.50. The van der Waals surface area contributed by atoms with Crippen molar-refractivity contribution in [2.75, 3.05) is 11.9 Å². The van der Waals surface area contributed by atoms with E-state index < -0.39 is 0 Å². The number of Topliss-reactive ketones (excluding diaryl/α,β-unsaturated/α-hetero) is 1. The van der Waals surface area contributed by atoms with Crippen LogP contribution in [0.3, 0.4) is 0 Å². The number of ketones is 1. The molecule has 0 heterocycles. The number of rotatable bonds is 7. The second-order valence-electron chi connectivity index (χ2n) is 5.54. The fourth-order valence-corrected chi connectivity index (χ4v) is 2.66. The summed E-state index contributed by atoms with van der Waals surface area (Å²) < 4.78 is 6.57. The molecule has 0 aromatic heterocycles. The molecule has 126 valence electrons. The van der Waals surface area contributed by atoms with Gasteiger partial charge in [-0.25, -0.2) is 0 Å². The van der Waals surface area contributed by atoms with Crippen molar-refractivity contribution in [3.05, 3.63) is 58.1 Å². The molecule has 0 aliphatic rings. The average molecular weight is 390 g/mol. The van der Waals surface area contributed by atoms with Crippen LogP contribution in [0.2, 0.25) is 0 Å². The molecule has 2 aromatic rings. The van der Waals surface area contributed by atoms with Gasteiger partial charge in [-0.2, -0.15) is 0 Å². The maximum absolute atomic E-state index is 12.0. The predicted molar refractivity (Wildman–Crippen MR) is 98.7 cm³/mol. The molecule has 2 rings (SSSR count). The second kappa shape index (κ2) is 8.64. The number of aryl methyl sites for hydroxylation is 1. The lowest BCUT2D eigenvalue weighted by Gasteiger charge is -2.09. The molecule has 0 saturated heterocycles. The van der Waals surface area contributed by atoms with Gasteiger partial charge in [0, 0.05) is 22.1 Å². The second-order valence-corrected chi connectivity index (χ2v) is 6.46. The Labute approximate surface area is 150 Å². The molecule has 4 nitrogen and oxygen atoms in total. The molecule has 0 atom stereocenters. The van der Waals surface area contributed by atoms with E-state index in [0.717, 1.165) is 15.7 Å². The van der Waals surface area contributed by atoms with E-state index in [1.807, 2.05) is 25.1 Å². The lowest BCUT2D eigenvalue weighted by atomic mass is 10.1. The van der Waals surface area contributed by atoms with Gasteiger partial charge >= 0.3 is 0 Å². The summed E-state index contributed by atoms with van der Waals surface area (Å²) >= 11 is 3.40. The molecule has 1 amide bonds. The Kier molecular flexibility index (Phi) is 6.55. The zero-order chi connectivity index (χ0) is 17.5. The maximum atomic E-state index is 12.0. The molecule has 0 radical (unpaired) electrons. The fourth-order valence-electron chi connectivity index (χ4n) is 2.19. The van der Waals surface area contributed by atoms with Crippen LogP contribution in [-0.4, -0.2) is 18.3 Å². The van der Waals surface area contributed by atoms with Gasteiger partial charge < -0.3 is 10.1 Å². The van der Waals surface area contributed by atoms with E-state index in [4.69, 9.17) is 4.74 Å². The van der Waals surface area contributed by atoms with Crippen molar-refractivity contribution in [1.29, 1.82) is 0 Å². The number of halogens is 1. The summed E-state index contributed by atoms with van der Waals surface area (Å²) in [5.74, 6) is 0.696. The number of carbonyl (C=O) groups excluding carboxylic acids is 2. The van der Waals surface area contributed by atoms with Gasteiger partial charge in [0.25, 0.3) is 0 Å². The van der Waals surface area contributed by atoms with Gasteiger partial charge in [-0.1, -0.05) is 15.9 Å². The first-order chi connectivity index (χ1) is 11.5. The summed E-state index contributed by atoms with van der Waals surface area (Å²) in [4.78, 5) is 23.2. The highest BCUT2D eigenvalue weighted by molar-refractivity contribution is 9.10. The number of hydrogen-bond acceptors (Lipinski definition) is 3. The maximum Gasteiger partial charge on any atom is 0.224 e. The first kappa shape index (κ1) is 18.2. The van der Waals surface area contributed by atoms with Crippen molar-refractivity contribution >= 4 is 33.3 Å². The van der Waals surface area contributed by atoms with Crippen LogP contribution in [0.15, 0.2) is 46.9 Å². The monoisotopic (exact) mass is 389 g/mol. The van der Waals surface area contributed by atoms with Crippen molar-refractivity contribution in [2.24, 2.45) is 0 Å². The SMILES string of the molecule is CC(=O)c1ccc(OCCCC(=O)Nc2ccc(Br)cc2C)cc1. The van der Waals surface area contributed by atoms with Gasteiger partial charge in [0.15, 0.2) is 5.78 Å². The van der Waals surface area contributed by atoms with Crippen LogP contribution in [0.25, 0.3) is 0 Å². The number of anilines is 1. The van der Waals surface area contributed by atoms with Crippen LogP contribution >= 0.6 is 15.9 Å². The first-order valence-electron chi connectivity index (χ1n) is 7.75. The Balaban J connectivity index is 1.73. The molecule has 0 spiro atoms. The highest BCUT2D eigenvalue weighted by atomic mass is 79.9. The quantitative estimate of drug-likeness (QED) is 0.548. The van der Waals surface area contributed by atoms with Gasteiger partial charge in [0.05, 0.1) is 6.61 Å². The van der Waals surface area contributed by atoms with Gasteiger partial charge in [-0.15, -0.1) is 0 Å². The Hall–Kier alpha value is -2.14. The molecule has 24 heavy (non-hydrogen) atoms. The molecule has 0 aliphatic carbocycles. The highest BCUT2D eigenvalue weighted by Gasteiger charge is 2.05. The number of benzene rings is 2. The first-order valence-corrected chi connectivity index (χ1v) is 8.55. The third-order valence-corrected chi connectivity index (χ3v) is 4.03. The standard InChI is InChI=1S/C19H20BrNO3/c1-13-12-16(20)7-10-18(13)21-19(23)4-3-11-24-17-8-5-15(6-9-17)14(2)22/h5-10,12H,3-4,11H2,1-2H3,(H,21,23). The van der Waals surface area contributed by atoms with Crippen molar-refractivity contribution < 1.29 is 14.3 Å². The molecule has 5 heteroatoms. The minimum Gasteiger partial charge on any atom is -0.494 e. The van der Waals surface area contributed by atoms with E-state index in [9.17, 15) is 9.59 Å². The zero-order valence-corrected chi connectivity index (χ0v) is 15.4. The number of hydrogen-bond donors (Lipinski definition) is 1. The molecule has 0 saturated carbocycles. The number of carbonyl (C=O) groups is 2. The van der Waals surface area contributed by atoms with E-state index in [-0.39, 0.29) is 11.7 Å². The molecular formula is C19H20BrNO3. The number of nitrogens with one attached hydrogen (secondary N) is 1. The Bertz CT molecular complexity index is 726. The lowest BCUT2D eigenvalue weighted by molar-refractivity contribution is -0.116. The van der Waals surface area contributed by atoms with Crippen molar-refractivity contribution in [3.8, 4) is 5.75 Å². The van der Waals surface area contributed by atoms with Crippen molar-refractivity contribution in [3.63, 3.8) is 0 Å². The average Bonchev–Trinajstić information content (AvgIpc) is 2.55. The molecule has 1 N–H and O–H groups in total. The van der Waals surface area contributed by atoms with E-state index >= 15 is 0 Å². The molecule has 0 aliphatic heterocycles. The van der Waals surface area contributed by atoms with Gasteiger partial charge in [0.2, 0.25) is 5.91 Å². The van der Waals surface area contributed by atoms with Gasteiger partial charge in [-0.3, -0.25) is 9.59 Å². The Morgan fingerprint density at radius 2 is 1.83 bits per heavy atom. The van der Waals surface area contributed by atoms with E-state index in [0.29, 0.717) is 30.8 Å². The molecule has 0 bridgehead atoms. The largest absolute Gasteiger partial charge is 0.494 e. The minimum atomic E-state index is -0.0315. The third kappa shape index (κ3) is 5.49. The van der Waals surface area contributed by atoms with Crippen molar-refractivity contribution in [2.45, 2.75) is 26.7 Å². The summed E-state index contributed by atoms with van der Waals surface area (Å²) in [7, 11) is 0. The summed E-state index contributed by atoms with van der Waals surface area (Å²) in [6, 6.07) is 12.7. The van der Waals surface area contributed by atoms with Crippen LogP contribution in [0.4, 0.5) is 5.69 Å². The minimum absolute atomic E-state index is 0.0291. The summed E-state index contributed by atoms with van der Waals surface area (Å²) in [5, 5.41) is 2.90. The van der Waals surface area contributed by atoms with Crippen LogP contribution in [0.5, 0.6) is 5.75 Å². The highest BCUT2D eigenvalue weighted by Crippen LogP contribution is 2.20. The molecule has 2 aromatic carbocycles. The summed E-state index contributed by atoms with van der Waals surface area (Å²) in [6.07, 6.45) is 1.01. The Morgan fingerprint density at radius 3 is 2.46 bits per heavy atom. The van der Waals surface area contributed by atoms with Gasteiger partial charge in [0.1, 0.15) is 5.75 Å². The number of amides is 1. The van der Waals surface area contributed by atoms with E-state index in [2.05, 4.69) is 21.2 Å². The van der Waals surface area contributed by atoms with E-state index in [1.165, 1.54) is 6.92 Å². The lowest BCUT2D eigenvalue weighted by Crippen LogP contribution is -2.13. The van der Waals surface area contributed by atoms with Gasteiger partial charge in [-0.05, 0) is 68.3 Å². The fraction of sp³-hybridized carbons (Fsp3) is 0.263. The zero-order valence-electron chi connectivity index (χ0n) is 13.8. The molecule has 0 unspecified atom stereocenters. The van der Waals surface area contributed by atoms with Crippen LogP contribution in [-0.2, 0) is 4.79 Å². The smallest absolute Gasteiger partial charge is 0.224 e. The normalized spacial score (nSPS) is 10.3.